The molecule has 0 saturated carbocycles. The van der Waals surface area contributed by atoms with E-state index in [-0.39, 0.29) is 23.3 Å². The number of nitrogens with zero attached hydrogens (tertiary/aromatic N) is 1. The van der Waals surface area contributed by atoms with Gasteiger partial charge in [-0.2, -0.15) is 0 Å². The molecule has 1 aliphatic rings. The average Bonchev–Trinajstić information content (AvgIpc) is 2.67. The van der Waals surface area contributed by atoms with Crippen LogP contribution in [0.25, 0.3) is 0 Å². The lowest BCUT2D eigenvalue weighted by atomic mass is 9.92. The smallest absolute Gasteiger partial charge is 0.336 e. The van der Waals surface area contributed by atoms with Gasteiger partial charge in [-0.3, -0.25) is 9.59 Å². The van der Waals surface area contributed by atoms with E-state index in [0.717, 1.165) is 11.1 Å². The molecule has 2 aromatic carbocycles. The summed E-state index contributed by atoms with van der Waals surface area (Å²) in [5.74, 6) is -1.21. The Labute approximate surface area is 170 Å². The minimum atomic E-state index is -1.04. The first-order valence-corrected chi connectivity index (χ1v) is 9.77. The summed E-state index contributed by atoms with van der Waals surface area (Å²) in [6.45, 7) is 6.06. The van der Waals surface area contributed by atoms with Gasteiger partial charge in [-0.1, -0.05) is 44.2 Å². The molecule has 29 heavy (non-hydrogen) atoms. The highest BCUT2D eigenvalue weighted by Gasteiger charge is 2.34. The van der Waals surface area contributed by atoms with Crippen LogP contribution in [-0.4, -0.2) is 33.8 Å². The fourth-order valence-corrected chi connectivity index (χ4v) is 3.64. The Hall–Kier alpha value is -3.15. The van der Waals surface area contributed by atoms with Crippen LogP contribution in [0, 0.1) is 12.8 Å². The van der Waals surface area contributed by atoms with E-state index < -0.39 is 12.0 Å². The lowest BCUT2D eigenvalue weighted by molar-refractivity contribution is -0.140. The van der Waals surface area contributed by atoms with Crippen molar-refractivity contribution >= 4 is 23.5 Å². The Bertz CT molecular complexity index is 952. The molecule has 2 amide bonds. The van der Waals surface area contributed by atoms with Gasteiger partial charge in [0, 0.05) is 25.1 Å². The van der Waals surface area contributed by atoms with Crippen LogP contribution in [0.2, 0.25) is 0 Å². The van der Waals surface area contributed by atoms with Crippen molar-refractivity contribution in [3.05, 3.63) is 64.7 Å². The van der Waals surface area contributed by atoms with E-state index in [1.54, 1.807) is 24.0 Å². The number of hydrogen-bond donors (Lipinski definition) is 2. The molecule has 0 spiro atoms. The van der Waals surface area contributed by atoms with Crippen molar-refractivity contribution in [1.29, 1.82) is 0 Å². The molecule has 6 nitrogen and oxygen atoms in total. The summed E-state index contributed by atoms with van der Waals surface area (Å²) in [4.78, 5) is 39.0. The van der Waals surface area contributed by atoms with Crippen LogP contribution in [-0.2, 0) is 22.6 Å². The summed E-state index contributed by atoms with van der Waals surface area (Å²) in [6.07, 6.45) is 0.809. The third-order valence-electron chi connectivity index (χ3n) is 5.19. The zero-order valence-electron chi connectivity index (χ0n) is 16.9. The van der Waals surface area contributed by atoms with E-state index in [1.807, 2.05) is 38.1 Å². The van der Waals surface area contributed by atoms with Crippen molar-refractivity contribution in [2.75, 3.05) is 5.32 Å². The van der Waals surface area contributed by atoms with Crippen LogP contribution in [0.1, 0.15) is 47.3 Å². The highest BCUT2D eigenvalue weighted by Crippen LogP contribution is 2.26. The molecule has 152 valence electrons. The molecular weight excluding hydrogens is 368 g/mol. The van der Waals surface area contributed by atoms with Crippen LogP contribution in [0.5, 0.6) is 0 Å². The van der Waals surface area contributed by atoms with Gasteiger partial charge in [0.15, 0.2) is 0 Å². The van der Waals surface area contributed by atoms with E-state index in [1.165, 1.54) is 6.07 Å². The summed E-state index contributed by atoms with van der Waals surface area (Å²) >= 11 is 0. The van der Waals surface area contributed by atoms with E-state index in [0.29, 0.717) is 30.6 Å². The number of aryl methyl sites for hydroxylation is 1. The van der Waals surface area contributed by atoms with Gasteiger partial charge in [-0.15, -0.1) is 0 Å². The molecule has 0 radical (unpaired) electrons. The molecule has 2 N–H and O–H groups in total. The third kappa shape index (κ3) is 4.65. The van der Waals surface area contributed by atoms with Crippen molar-refractivity contribution in [2.24, 2.45) is 5.92 Å². The zero-order chi connectivity index (χ0) is 21.1. The van der Waals surface area contributed by atoms with Crippen molar-refractivity contribution in [3.63, 3.8) is 0 Å². The predicted octanol–water partition coefficient (Wildman–Crippen LogP) is 3.63. The first kappa shape index (κ1) is 20.6. The van der Waals surface area contributed by atoms with E-state index in [9.17, 15) is 19.5 Å². The second-order valence-corrected chi connectivity index (χ2v) is 7.93. The van der Waals surface area contributed by atoms with Crippen molar-refractivity contribution in [1.82, 2.24) is 4.90 Å². The Morgan fingerprint density at radius 3 is 2.48 bits per heavy atom. The first-order valence-electron chi connectivity index (χ1n) is 9.77. The summed E-state index contributed by atoms with van der Waals surface area (Å²) in [5.41, 5.74) is 3.28. The van der Waals surface area contributed by atoms with Crippen molar-refractivity contribution in [2.45, 2.75) is 46.2 Å². The summed E-state index contributed by atoms with van der Waals surface area (Å²) in [6, 6.07) is 12.0. The number of carboxylic acid groups (broad SMARTS) is 1. The average molecular weight is 394 g/mol. The number of fused-ring (bicyclic) bond motifs is 1. The molecule has 6 heteroatoms. The first-order chi connectivity index (χ1) is 13.8. The molecule has 0 fully saturated rings. The van der Waals surface area contributed by atoms with Gasteiger partial charge in [0.05, 0.1) is 5.56 Å². The number of amides is 2. The second kappa shape index (κ2) is 8.47. The highest BCUT2D eigenvalue weighted by molar-refractivity contribution is 5.99. The Morgan fingerprint density at radius 2 is 1.83 bits per heavy atom. The standard InChI is InChI=1S/C23H26N2O4/c1-14(2)10-21(26)25-13-17-7-5-4-6-16(17)11-20(25)22(27)24-18-9-8-15(3)19(12-18)23(28)29/h4-9,12,14,20H,10-11,13H2,1-3H3,(H,24,27)(H,28,29). The van der Waals surface area contributed by atoms with Crippen LogP contribution in [0.15, 0.2) is 42.5 Å². The molecule has 1 aliphatic heterocycles. The molecule has 1 atom stereocenters. The second-order valence-electron chi connectivity index (χ2n) is 7.93. The topological polar surface area (TPSA) is 86.7 Å². The highest BCUT2D eigenvalue weighted by atomic mass is 16.4. The zero-order valence-corrected chi connectivity index (χ0v) is 16.9. The monoisotopic (exact) mass is 394 g/mol. The molecule has 2 aromatic rings. The van der Waals surface area contributed by atoms with Gasteiger partial charge in [0.2, 0.25) is 11.8 Å². The Morgan fingerprint density at radius 1 is 1.14 bits per heavy atom. The third-order valence-corrected chi connectivity index (χ3v) is 5.19. The number of benzene rings is 2. The fourth-order valence-electron chi connectivity index (χ4n) is 3.64. The quantitative estimate of drug-likeness (QED) is 0.811. The number of anilines is 1. The summed E-state index contributed by atoms with van der Waals surface area (Å²) < 4.78 is 0. The number of nitrogens with one attached hydrogen (secondary N) is 1. The van der Waals surface area contributed by atoms with Gasteiger partial charge in [0.25, 0.3) is 0 Å². The minimum Gasteiger partial charge on any atom is -0.478 e. The fraction of sp³-hybridized carbons (Fsp3) is 0.348. The van der Waals surface area contributed by atoms with Crippen LogP contribution in [0.3, 0.4) is 0 Å². The van der Waals surface area contributed by atoms with Gasteiger partial charge < -0.3 is 15.3 Å². The minimum absolute atomic E-state index is 0.0511. The molecule has 0 saturated heterocycles. The molecule has 0 aromatic heterocycles. The number of carbonyl (C=O) groups is 3. The molecule has 1 heterocycles. The number of carbonyl (C=O) groups excluding carboxylic acids is 2. The van der Waals surface area contributed by atoms with Gasteiger partial charge in [-0.05, 0) is 41.7 Å². The largest absolute Gasteiger partial charge is 0.478 e. The molecule has 0 aliphatic carbocycles. The van der Waals surface area contributed by atoms with Crippen molar-refractivity contribution in [3.8, 4) is 0 Å². The predicted molar refractivity (Wildman–Crippen MR) is 111 cm³/mol. The Balaban J connectivity index is 1.87. The number of rotatable bonds is 5. The maximum Gasteiger partial charge on any atom is 0.336 e. The summed E-state index contributed by atoms with van der Waals surface area (Å²) in [7, 11) is 0. The Kier molecular flexibility index (Phi) is 6.01. The number of aromatic carboxylic acids is 1. The molecule has 3 rings (SSSR count). The molecule has 0 bridgehead atoms. The SMILES string of the molecule is Cc1ccc(NC(=O)C2Cc3ccccc3CN2C(=O)CC(C)C)cc1C(=O)O. The van der Waals surface area contributed by atoms with Gasteiger partial charge in [0.1, 0.15) is 6.04 Å². The summed E-state index contributed by atoms with van der Waals surface area (Å²) in [5, 5.41) is 12.1. The lowest BCUT2D eigenvalue weighted by Crippen LogP contribution is -2.50. The van der Waals surface area contributed by atoms with Crippen LogP contribution >= 0.6 is 0 Å². The van der Waals surface area contributed by atoms with E-state index in [2.05, 4.69) is 5.32 Å². The number of carboxylic acids is 1. The van der Waals surface area contributed by atoms with E-state index >= 15 is 0 Å². The maximum absolute atomic E-state index is 13.1. The van der Waals surface area contributed by atoms with Gasteiger partial charge in [-0.25, -0.2) is 4.79 Å². The number of hydrogen-bond acceptors (Lipinski definition) is 3. The van der Waals surface area contributed by atoms with Crippen molar-refractivity contribution < 1.29 is 19.5 Å². The van der Waals surface area contributed by atoms with E-state index in [4.69, 9.17) is 0 Å². The van der Waals surface area contributed by atoms with Crippen LogP contribution in [0.4, 0.5) is 5.69 Å². The normalized spacial score (nSPS) is 15.7. The molecule has 1 unspecified atom stereocenters. The van der Waals surface area contributed by atoms with Gasteiger partial charge >= 0.3 is 5.97 Å². The lowest BCUT2D eigenvalue weighted by Gasteiger charge is -2.36. The molecular formula is C23H26N2O4. The maximum atomic E-state index is 13.1. The van der Waals surface area contributed by atoms with Crippen LogP contribution < -0.4 is 5.32 Å².